The molecule has 2 unspecified atom stereocenters. The number of hydrogen-bond acceptors (Lipinski definition) is 10. The number of methoxy groups -OCH3 is 2. The average molecular weight is 537 g/mol. The molecule has 2 aromatic rings. The van der Waals surface area contributed by atoms with E-state index >= 15 is 0 Å². The van der Waals surface area contributed by atoms with Crippen LogP contribution in [-0.4, -0.2) is 99.3 Å². The van der Waals surface area contributed by atoms with Gasteiger partial charge in [-0.05, 0) is 20.8 Å². The Kier molecular flexibility index (Phi) is 16.6. The SMILES string of the molecule is C1COCCO1.CC(C)O.COCC(COC)n1cnnc1NS(=O)C(C)Cc1ncc(Cl)cn1. The summed E-state index contributed by atoms with van der Waals surface area (Å²) in [7, 11) is 1.80. The van der Waals surface area contributed by atoms with Gasteiger partial charge in [-0.15, -0.1) is 10.2 Å². The Balaban J connectivity index is 0.000000508. The lowest BCUT2D eigenvalue weighted by Crippen LogP contribution is -2.26. The molecule has 0 radical (unpaired) electrons. The largest absolute Gasteiger partial charge is 0.394 e. The summed E-state index contributed by atoms with van der Waals surface area (Å²) in [5.74, 6) is 0.964. The maximum atomic E-state index is 12.5. The summed E-state index contributed by atoms with van der Waals surface area (Å²) in [4.78, 5) is 8.24. The number of anilines is 1. The lowest BCUT2D eigenvalue weighted by molar-refractivity contribution is -0.0334. The molecule has 2 atom stereocenters. The molecule has 3 rings (SSSR count). The van der Waals surface area contributed by atoms with Gasteiger partial charge in [-0.2, -0.15) is 0 Å². The fraction of sp³-hybridized carbons (Fsp3) is 0.714. The van der Waals surface area contributed by atoms with E-state index in [0.717, 1.165) is 26.4 Å². The van der Waals surface area contributed by atoms with Crippen LogP contribution in [-0.2, 0) is 36.4 Å². The van der Waals surface area contributed by atoms with Crippen molar-refractivity contribution in [2.24, 2.45) is 0 Å². The van der Waals surface area contributed by atoms with Crippen LogP contribution in [0.4, 0.5) is 5.95 Å². The Bertz CT molecular complexity index is 805. The second-order valence-electron chi connectivity index (χ2n) is 7.68. The molecule has 1 aliphatic heterocycles. The zero-order chi connectivity index (χ0) is 26.1. The van der Waals surface area contributed by atoms with Gasteiger partial charge in [0.2, 0.25) is 5.95 Å². The molecule has 3 heterocycles. The summed E-state index contributed by atoms with van der Waals surface area (Å²) in [5.41, 5.74) is 0. The first-order valence-corrected chi connectivity index (χ1v) is 12.7. The van der Waals surface area contributed by atoms with E-state index in [4.69, 9.17) is 35.7 Å². The minimum Gasteiger partial charge on any atom is -0.394 e. The second-order valence-corrected chi connectivity index (χ2v) is 9.72. The fourth-order valence-corrected chi connectivity index (χ4v) is 3.51. The molecule has 0 aliphatic carbocycles. The van der Waals surface area contributed by atoms with E-state index in [1.165, 1.54) is 12.4 Å². The van der Waals surface area contributed by atoms with Crippen molar-refractivity contribution < 1.29 is 28.3 Å². The Morgan fingerprint density at radius 3 is 2.09 bits per heavy atom. The Labute approximate surface area is 214 Å². The van der Waals surface area contributed by atoms with Crippen LogP contribution in [0.25, 0.3) is 0 Å². The molecule has 1 fully saturated rings. The van der Waals surface area contributed by atoms with Crippen LogP contribution < -0.4 is 4.72 Å². The van der Waals surface area contributed by atoms with Gasteiger partial charge in [-0.25, -0.2) is 14.2 Å². The van der Waals surface area contributed by atoms with Crippen LogP contribution in [0.5, 0.6) is 0 Å². The topological polar surface area (TPSA) is 143 Å². The number of rotatable bonds is 10. The molecule has 0 spiro atoms. The highest BCUT2D eigenvalue weighted by Gasteiger charge is 2.20. The van der Waals surface area contributed by atoms with E-state index in [-0.39, 0.29) is 17.4 Å². The highest BCUT2D eigenvalue weighted by molar-refractivity contribution is 7.86. The van der Waals surface area contributed by atoms with Gasteiger partial charge in [0.1, 0.15) is 23.1 Å². The van der Waals surface area contributed by atoms with Crippen molar-refractivity contribution in [1.29, 1.82) is 0 Å². The number of nitrogens with one attached hydrogen (secondary N) is 1. The van der Waals surface area contributed by atoms with Gasteiger partial charge in [0.15, 0.2) is 0 Å². The number of aliphatic hydroxyl groups is 1. The molecular formula is C21H37ClN6O6S. The fourth-order valence-electron chi connectivity index (χ4n) is 2.58. The minimum atomic E-state index is -1.40. The molecular weight excluding hydrogens is 500 g/mol. The summed E-state index contributed by atoms with van der Waals surface area (Å²) in [6.45, 7) is 9.23. The third kappa shape index (κ3) is 13.8. The van der Waals surface area contributed by atoms with Crippen LogP contribution >= 0.6 is 11.6 Å². The van der Waals surface area contributed by atoms with E-state index in [1.54, 1.807) is 39.0 Å². The lowest BCUT2D eigenvalue weighted by atomic mass is 10.3. The van der Waals surface area contributed by atoms with E-state index < -0.39 is 11.0 Å². The van der Waals surface area contributed by atoms with E-state index in [2.05, 4.69) is 24.9 Å². The molecule has 12 nitrogen and oxygen atoms in total. The van der Waals surface area contributed by atoms with Gasteiger partial charge in [-0.3, -0.25) is 9.29 Å². The molecule has 2 N–H and O–H groups in total. The second kappa shape index (κ2) is 18.5. The van der Waals surface area contributed by atoms with Crippen LogP contribution in [0.3, 0.4) is 0 Å². The van der Waals surface area contributed by atoms with Crippen molar-refractivity contribution in [2.45, 2.75) is 44.6 Å². The van der Waals surface area contributed by atoms with E-state index in [9.17, 15) is 4.21 Å². The number of aromatic nitrogens is 5. The first-order chi connectivity index (χ1) is 16.8. The van der Waals surface area contributed by atoms with Crippen LogP contribution in [0.15, 0.2) is 18.7 Å². The van der Waals surface area contributed by atoms with Gasteiger partial charge in [0.05, 0.1) is 56.0 Å². The van der Waals surface area contributed by atoms with Gasteiger partial charge in [0.25, 0.3) is 0 Å². The summed E-state index contributed by atoms with van der Waals surface area (Å²) in [6, 6.07) is -0.126. The van der Waals surface area contributed by atoms with Crippen molar-refractivity contribution in [2.75, 3.05) is 58.6 Å². The summed E-state index contributed by atoms with van der Waals surface area (Å²) in [5, 5.41) is 16.1. The molecule has 1 aliphatic rings. The number of halogens is 1. The summed E-state index contributed by atoms with van der Waals surface area (Å²) >= 11 is 5.77. The number of ether oxygens (including phenoxy) is 4. The van der Waals surface area contributed by atoms with Crippen molar-refractivity contribution in [3.63, 3.8) is 0 Å². The van der Waals surface area contributed by atoms with Crippen molar-refractivity contribution >= 4 is 28.5 Å². The van der Waals surface area contributed by atoms with Gasteiger partial charge >= 0.3 is 0 Å². The van der Waals surface area contributed by atoms with Gasteiger partial charge in [0, 0.05) is 39.1 Å². The molecule has 2 aromatic heterocycles. The number of hydrogen-bond donors (Lipinski definition) is 2. The number of aliphatic hydroxyl groups excluding tert-OH is 1. The van der Waals surface area contributed by atoms with Gasteiger partial charge in [-0.1, -0.05) is 11.6 Å². The average Bonchev–Trinajstić information content (AvgIpc) is 3.29. The first-order valence-electron chi connectivity index (χ1n) is 11.1. The zero-order valence-electron chi connectivity index (χ0n) is 20.9. The maximum Gasteiger partial charge on any atom is 0.236 e. The van der Waals surface area contributed by atoms with Crippen molar-refractivity contribution in [1.82, 2.24) is 24.7 Å². The molecule has 200 valence electrons. The maximum absolute atomic E-state index is 12.5. The summed E-state index contributed by atoms with van der Waals surface area (Å²) < 4.78 is 37.4. The molecule has 0 saturated carbocycles. The van der Waals surface area contributed by atoms with E-state index in [0.29, 0.717) is 36.4 Å². The smallest absolute Gasteiger partial charge is 0.236 e. The molecule has 1 saturated heterocycles. The van der Waals surface area contributed by atoms with E-state index in [1.807, 2.05) is 6.92 Å². The third-order valence-electron chi connectivity index (χ3n) is 4.13. The standard InChI is InChI=1S/C14H21ClN6O3S.C4H8O2.C3H8O/c1-10(4-13-16-5-11(15)6-17-13)25(22)20-14-19-18-9-21(14)12(7-23-2)8-24-3;1-2-6-4-3-5-1;1-3(2)4/h5-6,9-10,12H,4,7-8H2,1-3H3,(H,19,20);1-4H2;3-4H,1-2H3. The third-order valence-corrected chi connectivity index (χ3v) is 5.61. The molecule has 0 bridgehead atoms. The van der Waals surface area contributed by atoms with Crippen molar-refractivity contribution in [3.05, 3.63) is 29.6 Å². The highest BCUT2D eigenvalue weighted by atomic mass is 35.5. The summed E-state index contributed by atoms with van der Waals surface area (Å²) in [6.07, 6.45) is 4.85. The number of nitrogens with zero attached hydrogens (tertiary/aromatic N) is 5. The highest BCUT2D eigenvalue weighted by Crippen LogP contribution is 2.16. The predicted octanol–water partition coefficient (Wildman–Crippen LogP) is 1.68. The molecule has 14 heteroatoms. The molecule has 0 amide bonds. The first kappa shape index (κ1) is 31.3. The van der Waals surface area contributed by atoms with Crippen molar-refractivity contribution in [3.8, 4) is 0 Å². The van der Waals surface area contributed by atoms with Crippen LogP contribution in [0.1, 0.15) is 32.6 Å². The predicted molar refractivity (Wildman–Crippen MR) is 134 cm³/mol. The lowest BCUT2D eigenvalue weighted by Gasteiger charge is -2.19. The van der Waals surface area contributed by atoms with Crippen LogP contribution in [0.2, 0.25) is 5.02 Å². The Morgan fingerprint density at radius 1 is 1.11 bits per heavy atom. The quantitative estimate of drug-likeness (QED) is 0.460. The zero-order valence-corrected chi connectivity index (χ0v) is 22.5. The normalized spacial score (nSPS) is 15.0. The Morgan fingerprint density at radius 2 is 1.63 bits per heavy atom. The van der Waals surface area contributed by atoms with Crippen LogP contribution in [0, 0.1) is 0 Å². The Hall–Kier alpha value is -1.74. The van der Waals surface area contributed by atoms with Gasteiger partial charge < -0.3 is 24.1 Å². The molecule has 0 aromatic carbocycles. The monoisotopic (exact) mass is 536 g/mol. The minimum absolute atomic E-state index is 0.126. The molecule has 35 heavy (non-hydrogen) atoms.